The van der Waals surface area contributed by atoms with Crippen LogP contribution in [-0.2, 0) is 9.84 Å². The highest BCUT2D eigenvalue weighted by Gasteiger charge is 2.38. The summed E-state index contributed by atoms with van der Waals surface area (Å²) in [6.45, 7) is 10.4. The normalized spacial score (nSPS) is 27.9. The first-order valence-corrected chi connectivity index (χ1v) is 10.0. The quantitative estimate of drug-likeness (QED) is 0.867. The third-order valence-electron chi connectivity index (χ3n) is 5.33. The maximum Gasteiger partial charge on any atom is 0.156 e. The molecule has 0 amide bonds. The molecule has 2 aliphatic rings. The fourth-order valence-corrected chi connectivity index (χ4v) is 4.65. The van der Waals surface area contributed by atoms with Crippen LogP contribution in [0.4, 0.5) is 0 Å². The van der Waals surface area contributed by atoms with E-state index in [0.29, 0.717) is 12.6 Å². The molecule has 0 radical (unpaired) electrons. The molecule has 5 heteroatoms. The van der Waals surface area contributed by atoms with Gasteiger partial charge < -0.3 is 5.32 Å². The van der Waals surface area contributed by atoms with E-state index in [1.165, 1.54) is 25.7 Å². The molecule has 1 N–H and O–H groups in total. The summed E-state index contributed by atoms with van der Waals surface area (Å²) in [6, 6.07) is 0.465. The maximum absolute atomic E-state index is 12.4. The third-order valence-corrected chi connectivity index (χ3v) is 7.92. The van der Waals surface area contributed by atoms with Crippen LogP contribution in [0.1, 0.15) is 59.8 Å². The van der Waals surface area contributed by atoms with E-state index >= 15 is 0 Å². The Hall–Kier alpha value is -0.130. The van der Waals surface area contributed by atoms with Gasteiger partial charge in [-0.2, -0.15) is 0 Å². The molecule has 0 aromatic heterocycles. The average molecular weight is 317 g/mol. The van der Waals surface area contributed by atoms with Gasteiger partial charge in [-0.05, 0) is 53.5 Å². The number of hydrogen-bond donors (Lipinski definition) is 1. The monoisotopic (exact) mass is 316 g/mol. The van der Waals surface area contributed by atoms with Gasteiger partial charge in [0.15, 0.2) is 9.84 Å². The fraction of sp³-hybridized carbons (Fsp3) is 1.00. The van der Waals surface area contributed by atoms with Crippen LogP contribution in [0.5, 0.6) is 0 Å². The molecular weight excluding hydrogens is 284 g/mol. The smallest absolute Gasteiger partial charge is 0.156 e. The molecule has 1 saturated carbocycles. The van der Waals surface area contributed by atoms with E-state index in [2.05, 4.69) is 17.1 Å². The van der Waals surface area contributed by atoms with Crippen LogP contribution >= 0.6 is 0 Å². The van der Waals surface area contributed by atoms with Crippen LogP contribution in [0.2, 0.25) is 0 Å². The molecule has 21 heavy (non-hydrogen) atoms. The Morgan fingerprint density at radius 3 is 2.43 bits per heavy atom. The van der Waals surface area contributed by atoms with Gasteiger partial charge in [-0.1, -0.05) is 12.8 Å². The summed E-state index contributed by atoms with van der Waals surface area (Å²) in [5.41, 5.74) is 0.246. The zero-order chi connectivity index (χ0) is 15.7. The van der Waals surface area contributed by atoms with Gasteiger partial charge in [0.2, 0.25) is 0 Å². The second-order valence-electron chi connectivity index (χ2n) is 7.95. The summed E-state index contributed by atoms with van der Waals surface area (Å²) in [5.74, 6) is 0.275. The second-order valence-corrected chi connectivity index (χ2v) is 10.8. The van der Waals surface area contributed by atoms with E-state index in [0.717, 1.165) is 19.5 Å². The lowest BCUT2D eigenvalue weighted by Crippen LogP contribution is -2.51. The number of rotatable bonds is 3. The van der Waals surface area contributed by atoms with Crippen molar-refractivity contribution < 1.29 is 8.42 Å². The predicted molar refractivity (Wildman–Crippen MR) is 88.4 cm³/mol. The minimum absolute atomic E-state index is 0.246. The van der Waals surface area contributed by atoms with Gasteiger partial charge in [0.1, 0.15) is 0 Å². The zero-order valence-electron chi connectivity index (χ0n) is 14.1. The first-order valence-electron chi connectivity index (χ1n) is 8.37. The molecule has 2 fully saturated rings. The third kappa shape index (κ3) is 3.99. The van der Waals surface area contributed by atoms with Gasteiger partial charge in [0.25, 0.3) is 0 Å². The highest BCUT2D eigenvalue weighted by atomic mass is 32.2. The van der Waals surface area contributed by atoms with Gasteiger partial charge in [-0.3, -0.25) is 4.90 Å². The van der Waals surface area contributed by atoms with Crippen LogP contribution in [-0.4, -0.2) is 55.0 Å². The molecule has 124 valence electrons. The molecule has 2 rings (SSSR count). The van der Waals surface area contributed by atoms with E-state index in [1.54, 1.807) is 20.8 Å². The summed E-state index contributed by atoms with van der Waals surface area (Å²) >= 11 is 0. The number of nitrogens with zero attached hydrogens (tertiary/aromatic N) is 1. The maximum atomic E-state index is 12.4. The number of sulfone groups is 1. The Morgan fingerprint density at radius 2 is 1.86 bits per heavy atom. The molecule has 4 nitrogen and oxygen atoms in total. The molecule has 1 saturated heterocycles. The molecular formula is C16H32N2O2S. The first kappa shape index (κ1) is 17.2. The van der Waals surface area contributed by atoms with Gasteiger partial charge in [-0.15, -0.1) is 0 Å². The van der Waals surface area contributed by atoms with Crippen molar-refractivity contribution in [3.8, 4) is 0 Å². The van der Waals surface area contributed by atoms with Crippen LogP contribution in [0, 0.1) is 0 Å². The van der Waals surface area contributed by atoms with Crippen LogP contribution in [0.15, 0.2) is 0 Å². The Morgan fingerprint density at radius 1 is 1.24 bits per heavy atom. The molecule has 1 heterocycles. The summed E-state index contributed by atoms with van der Waals surface area (Å²) < 4.78 is 24.1. The topological polar surface area (TPSA) is 49.4 Å². The van der Waals surface area contributed by atoms with Crippen molar-refractivity contribution >= 4 is 9.84 Å². The lowest BCUT2D eigenvalue weighted by molar-refractivity contribution is 0.177. The molecule has 0 aromatic carbocycles. The van der Waals surface area contributed by atoms with Crippen LogP contribution in [0.3, 0.4) is 0 Å². The van der Waals surface area contributed by atoms with Crippen molar-refractivity contribution in [3.05, 3.63) is 0 Å². The summed E-state index contributed by atoms with van der Waals surface area (Å²) in [5, 5.41) is 3.75. The van der Waals surface area contributed by atoms with Crippen molar-refractivity contribution in [3.63, 3.8) is 0 Å². The summed E-state index contributed by atoms with van der Waals surface area (Å²) in [4.78, 5) is 2.41. The summed E-state index contributed by atoms with van der Waals surface area (Å²) in [6.07, 6.45) is 6.19. The second kappa shape index (κ2) is 6.17. The number of nitrogens with one attached hydrogen (secondary N) is 1. The SMILES string of the molecule is CC1CCNC2(CCCC2)CN1CCS(=O)(=O)C(C)(C)C. The van der Waals surface area contributed by atoms with E-state index in [9.17, 15) is 8.42 Å². The molecule has 1 spiro atoms. The van der Waals surface area contributed by atoms with E-state index in [4.69, 9.17) is 0 Å². The van der Waals surface area contributed by atoms with E-state index < -0.39 is 14.6 Å². The van der Waals surface area contributed by atoms with Gasteiger partial charge >= 0.3 is 0 Å². The van der Waals surface area contributed by atoms with E-state index in [-0.39, 0.29) is 11.3 Å². The largest absolute Gasteiger partial charge is 0.310 e. The molecule has 1 atom stereocenters. The predicted octanol–water partition coefficient (Wildman–Crippen LogP) is 2.20. The van der Waals surface area contributed by atoms with Gasteiger partial charge in [-0.25, -0.2) is 8.42 Å². The summed E-state index contributed by atoms with van der Waals surface area (Å²) in [7, 11) is -3.03. The molecule has 1 aliphatic heterocycles. The Labute approximate surface area is 130 Å². The minimum Gasteiger partial charge on any atom is -0.310 e. The Balaban J connectivity index is 2.03. The van der Waals surface area contributed by atoms with Crippen molar-refractivity contribution in [2.24, 2.45) is 0 Å². The molecule has 1 unspecified atom stereocenters. The van der Waals surface area contributed by atoms with Gasteiger partial charge in [0, 0.05) is 24.7 Å². The highest BCUT2D eigenvalue weighted by molar-refractivity contribution is 7.92. The lowest BCUT2D eigenvalue weighted by atomic mass is 9.97. The zero-order valence-corrected chi connectivity index (χ0v) is 14.9. The first-order chi connectivity index (χ1) is 9.65. The Kier molecular flexibility index (Phi) is 5.06. The number of hydrogen-bond acceptors (Lipinski definition) is 4. The Bertz CT molecular complexity index is 447. The molecule has 0 bridgehead atoms. The highest BCUT2D eigenvalue weighted by Crippen LogP contribution is 2.32. The van der Waals surface area contributed by atoms with Crippen molar-refractivity contribution in [2.45, 2.75) is 76.1 Å². The standard InChI is InChI=1S/C16H32N2O2S/c1-14-7-10-17-16(8-5-6-9-16)13-18(14)11-12-21(19,20)15(2,3)4/h14,17H,5-13H2,1-4H3. The lowest BCUT2D eigenvalue weighted by Gasteiger charge is -2.35. The van der Waals surface area contributed by atoms with E-state index in [1.807, 2.05) is 0 Å². The van der Waals surface area contributed by atoms with Crippen LogP contribution in [0.25, 0.3) is 0 Å². The minimum atomic E-state index is -3.03. The fourth-order valence-electron chi connectivity index (χ4n) is 3.56. The van der Waals surface area contributed by atoms with Crippen LogP contribution < -0.4 is 5.32 Å². The van der Waals surface area contributed by atoms with Crippen molar-refractivity contribution in [1.29, 1.82) is 0 Å². The van der Waals surface area contributed by atoms with Crippen molar-refractivity contribution in [2.75, 3.05) is 25.4 Å². The molecule has 1 aliphatic carbocycles. The van der Waals surface area contributed by atoms with Gasteiger partial charge in [0.05, 0.1) is 10.5 Å². The van der Waals surface area contributed by atoms with Crippen molar-refractivity contribution in [1.82, 2.24) is 10.2 Å². The average Bonchev–Trinajstić information content (AvgIpc) is 2.75. The molecule has 0 aromatic rings.